The Balaban J connectivity index is 2.56. The highest BCUT2D eigenvalue weighted by molar-refractivity contribution is 5.59. The molecule has 1 heterocycles. The van der Waals surface area contributed by atoms with E-state index in [9.17, 15) is 8.78 Å². The maximum atomic E-state index is 13.7. The first-order valence-corrected chi connectivity index (χ1v) is 5.64. The molecule has 2 aromatic rings. The summed E-state index contributed by atoms with van der Waals surface area (Å²) in [6, 6.07) is 6.71. The molecule has 0 aliphatic carbocycles. The lowest BCUT2D eigenvalue weighted by Crippen LogP contribution is -2.18. The lowest BCUT2D eigenvalue weighted by Gasteiger charge is -2.14. The molecule has 2 rings (SSSR count). The third kappa shape index (κ3) is 2.58. The van der Waals surface area contributed by atoms with Crippen LogP contribution in [-0.2, 0) is 5.41 Å². The molecule has 0 saturated heterocycles. The maximum absolute atomic E-state index is 13.7. The van der Waals surface area contributed by atoms with Crippen LogP contribution in [0.5, 0.6) is 0 Å². The number of rotatable bonds is 2. The third-order valence-corrected chi connectivity index (χ3v) is 2.70. The third-order valence-electron chi connectivity index (χ3n) is 2.70. The van der Waals surface area contributed by atoms with Gasteiger partial charge in [-0.3, -0.25) is 0 Å². The van der Waals surface area contributed by atoms with Gasteiger partial charge >= 0.3 is 0 Å². The molecule has 0 bridgehead atoms. The molecule has 0 fully saturated rings. The minimum atomic E-state index is -0.889. The molecule has 3 nitrogen and oxygen atoms in total. The normalized spacial score (nSPS) is 11.1. The molecule has 0 atom stereocenters. The zero-order valence-electron chi connectivity index (χ0n) is 10.5. The SMILES string of the molecule is CC(C)(C#N)c1nccc(-c2cc(F)ccc2F)n1. The Bertz CT molecular complexity index is 660. The molecule has 96 valence electrons. The number of hydrogen-bond donors (Lipinski definition) is 0. The lowest BCUT2D eigenvalue weighted by molar-refractivity contribution is 0.600. The van der Waals surface area contributed by atoms with Crippen molar-refractivity contribution in [1.29, 1.82) is 5.26 Å². The Morgan fingerprint density at radius 1 is 1.21 bits per heavy atom. The van der Waals surface area contributed by atoms with Gasteiger partial charge in [-0.2, -0.15) is 5.26 Å². The molecule has 1 aromatic carbocycles. The number of nitriles is 1. The minimum Gasteiger partial charge on any atom is -0.240 e. The van der Waals surface area contributed by atoms with Crippen molar-refractivity contribution >= 4 is 0 Å². The smallest absolute Gasteiger partial charge is 0.148 e. The van der Waals surface area contributed by atoms with Crippen LogP contribution in [-0.4, -0.2) is 9.97 Å². The largest absolute Gasteiger partial charge is 0.240 e. The predicted octanol–water partition coefficient (Wildman–Crippen LogP) is 3.22. The van der Waals surface area contributed by atoms with E-state index in [4.69, 9.17) is 5.26 Å². The Morgan fingerprint density at radius 3 is 2.63 bits per heavy atom. The van der Waals surface area contributed by atoms with Crippen LogP contribution in [0.15, 0.2) is 30.5 Å². The molecule has 0 N–H and O–H groups in total. The van der Waals surface area contributed by atoms with Crippen LogP contribution >= 0.6 is 0 Å². The fourth-order valence-electron chi connectivity index (χ4n) is 1.55. The summed E-state index contributed by atoms with van der Waals surface area (Å²) in [7, 11) is 0. The Morgan fingerprint density at radius 2 is 1.95 bits per heavy atom. The summed E-state index contributed by atoms with van der Waals surface area (Å²) in [5, 5.41) is 9.04. The molecule has 0 saturated carbocycles. The van der Waals surface area contributed by atoms with Crippen molar-refractivity contribution in [1.82, 2.24) is 9.97 Å². The number of nitrogens with zero attached hydrogens (tertiary/aromatic N) is 3. The molecule has 0 unspecified atom stereocenters. The first kappa shape index (κ1) is 13.1. The summed E-state index contributed by atoms with van der Waals surface area (Å²) >= 11 is 0. The van der Waals surface area contributed by atoms with Gasteiger partial charge in [0, 0.05) is 11.8 Å². The summed E-state index contributed by atoms with van der Waals surface area (Å²) in [6.45, 7) is 3.32. The van der Waals surface area contributed by atoms with E-state index in [2.05, 4.69) is 16.0 Å². The highest BCUT2D eigenvalue weighted by atomic mass is 19.1. The molecule has 1 aromatic heterocycles. The van der Waals surface area contributed by atoms with Gasteiger partial charge in [-0.15, -0.1) is 0 Å². The van der Waals surface area contributed by atoms with E-state index in [1.165, 1.54) is 12.3 Å². The average molecular weight is 259 g/mol. The van der Waals surface area contributed by atoms with E-state index < -0.39 is 17.0 Å². The van der Waals surface area contributed by atoms with Gasteiger partial charge in [-0.1, -0.05) is 0 Å². The van der Waals surface area contributed by atoms with E-state index in [0.29, 0.717) is 0 Å². The Hall–Kier alpha value is -2.35. The number of halogens is 2. The zero-order chi connectivity index (χ0) is 14.0. The van der Waals surface area contributed by atoms with Crippen LogP contribution in [0.3, 0.4) is 0 Å². The van der Waals surface area contributed by atoms with Crippen LogP contribution in [0.25, 0.3) is 11.3 Å². The van der Waals surface area contributed by atoms with Crippen molar-refractivity contribution in [2.75, 3.05) is 0 Å². The van der Waals surface area contributed by atoms with Crippen LogP contribution in [0.1, 0.15) is 19.7 Å². The topological polar surface area (TPSA) is 49.6 Å². The first-order chi connectivity index (χ1) is 8.94. The molecule has 0 spiro atoms. The van der Waals surface area contributed by atoms with E-state index in [0.717, 1.165) is 18.2 Å². The summed E-state index contributed by atoms with van der Waals surface area (Å²) < 4.78 is 26.8. The van der Waals surface area contributed by atoms with Gasteiger partial charge in [0.05, 0.1) is 11.8 Å². The lowest BCUT2D eigenvalue weighted by atomic mass is 9.94. The maximum Gasteiger partial charge on any atom is 0.148 e. The second-order valence-corrected chi connectivity index (χ2v) is 4.63. The standard InChI is InChI=1S/C14H11F2N3/c1-14(2,8-17)13-18-6-5-12(19-13)10-7-9(15)3-4-11(10)16/h3-7H,1-2H3. The predicted molar refractivity (Wildman–Crippen MR) is 66.0 cm³/mol. The van der Waals surface area contributed by atoms with Crippen molar-refractivity contribution in [3.8, 4) is 17.3 Å². The van der Waals surface area contributed by atoms with E-state index in [1.54, 1.807) is 13.8 Å². The van der Waals surface area contributed by atoms with E-state index >= 15 is 0 Å². The van der Waals surface area contributed by atoms with Crippen molar-refractivity contribution < 1.29 is 8.78 Å². The monoisotopic (exact) mass is 259 g/mol. The quantitative estimate of drug-likeness (QED) is 0.832. The molecule has 0 radical (unpaired) electrons. The van der Waals surface area contributed by atoms with Gasteiger partial charge in [0.15, 0.2) is 0 Å². The van der Waals surface area contributed by atoms with Gasteiger partial charge in [0.2, 0.25) is 0 Å². The summed E-state index contributed by atoms with van der Waals surface area (Å²) in [5.41, 5.74) is -0.581. The Kier molecular flexibility index (Phi) is 3.26. The molecule has 19 heavy (non-hydrogen) atoms. The van der Waals surface area contributed by atoms with Gasteiger partial charge < -0.3 is 0 Å². The van der Waals surface area contributed by atoms with Gasteiger partial charge in [-0.05, 0) is 38.1 Å². The van der Waals surface area contributed by atoms with Gasteiger partial charge in [0.25, 0.3) is 0 Å². The number of hydrogen-bond acceptors (Lipinski definition) is 3. The molecular weight excluding hydrogens is 248 g/mol. The fraction of sp³-hybridized carbons (Fsp3) is 0.214. The Labute approximate surface area is 109 Å². The van der Waals surface area contributed by atoms with E-state index in [1.807, 2.05) is 0 Å². The van der Waals surface area contributed by atoms with Crippen molar-refractivity contribution in [2.45, 2.75) is 19.3 Å². The average Bonchev–Trinajstić information content (AvgIpc) is 2.41. The van der Waals surface area contributed by atoms with E-state index in [-0.39, 0.29) is 17.1 Å². The second-order valence-electron chi connectivity index (χ2n) is 4.63. The highest BCUT2D eigenvalue weighted by Crippen LogP contribution is 2.24. The van der Waals surface area contributed by atoms with Crippen molar-refractivity contribution in [2.24, 2.45) is 0 Å². The summed E-state index contributed by atoms with van der Waals surface area (Å²) in [5.74, 6) is -0.840. The molecule has 0 aliphatic heterocycles. The zero-order valence-corrected chi connectivity index (χ0v) is 10.5. The van der Waals surface area contributed by atoms with Crippen LogP contribution in [0.4, 0.5) is 8.78 Å². The number of aromatic nitrogens is 2. The highest BCUT2D eigenvalue weighted by Gasteiger charge is 2.24. The molecule has 0 amide bonds. The van der Waals surface area contributed by atoms with Crippen LogP contribution in [0, 0.1) is 23.0 Å². The van der Waals surface area contributed by atoms with Gasteiger partial charge in [0.1, 0.15) is 22.9 Å². The summed E-state index contributed by atoms with van der Waals surface area (Å²) in [6.07, 6.45) is 1.43. The number of benzene rings is 1. The van der Waals surface area contributed by atoms with Crippen LogP contribution < -0.4 is 0 Å². The van der Waals surface area contributed by atoms with Gasteiger partial charge in [-0.25, -0.2) is 18.7 Å². The summed E-state index contributed by atoms with van der Waals surface area (Å²) in [4.78, 5) is 8.16. The first-order valence-electron chi connectivity index (χ1n) is 5.64. The van der Waals surface area contributed by atoms with Crippen molar-refractivity contribution in [3.05, 3.63) is 47.9 Å². The fourth-order valence-corrected chi connectivity index (χ4v) is 1.55. The van der Waals surface area contributed by atoms with Crippen molar-refractivity contribution in [3.63, 3.8) is 0 Å². The second kappa shape index (κ2) is 4.73. The molecule has 0 aliphatic rings. The van der Waals surface area contributed by atoms with Crippen LogP contribution in [0.2, 0.25) is 0 Å². The molecule has 5 heteroatoms. The molecular formula is C14H11F2N3. The minimum absolute atomic E-state index is 0.0531.